The van der Waals surface area contributed by atoms with Crippen LogP contribution in [0.15, 0.2) is 53.6 Å². The van der Waals surface area contributed by atoms with Crippen molar-refractivity contribution in [1.29, 1.82) is 0 Å². The lowest BCUT2D eigenvalue weighted by Gasteiger charge is -2.17. The van der Waals surface area contributed by atoms with Gasteiger partial charge in [0.05, 0.1) is 18.2 Å². The number of hydrogen-bond acceptors (Lipinski definition) is 3. The summed E-state index contributed by atoms with van der Waals surface area (Å²) in [6, 6.07) is 16.7. The van der Waals surface area contributed by atoms with Crippen LogP contribution in [0.25, 0.3) is 0 Å². The van der Waals surface area contributed by atoms with Gasteiger partial charge in [-0.15, -0.1) is 0 Å². The smallest absolute Gasteiger partial charge is 0.215 e. The number of nitrogens with zero attached hydrogens (tertiary/aromatic N) is 3. The average molecular weight is 334 g/mol. The Hall–Kier alpha value is -2.62. The van der Waals surface area contributed by atoms with Gasteiger partial charge in [-0.3, -0.25) is 5.01 Å². The summed E-state index contributed by atoms with van der Waals surface area (Å²) in [4.78, 5) is 0. The first-order valence-corrected chi connectivity index (χ1v) is 8.72. The van der Waals surface area contributed by atoms with Crippen molar-refractivity contribution in [3.05, 3.63) is 54.1 Å². The SMILES string of the molecule is COc1ccc(N2CCC(C3=[N+](C)c4ccccc4C3(C)C)=N2)cc1. The number of ether oxygens (including phenoxy) is 1. The first-order valence-electron chi connectivity index (χ1n) is 8.72. The van der Waals surface area contributed by atoms with Gasteiger partial charge in [0.25, 0.3) is 0 Å². The van der Waals surface area contributed by atoms with E-state index in [0.29, 0.717) is 0 Å². The van der Waals surface area contributed by atoms with E-state index in [4.69, 9.17) is 9.84 Å². The highest BCUT2D eigenvalue weighted by Gasteiger charge is 2.47. The second-order valence-corrected chi connectivity index (χ2v) is 7.17. The van der Waals surface area contributed by atoms with Crippen LogP contribution in [0.1, 0.15) is 25.8 Å². The zero-order valence-corrected chi connectivity index (χ0v) is 15.3. The summed E-state index contributed by atoms with van der Waals surface area (Å²) in [6.45, 7) is 5.50. The molecule has 2 heterocycles. The zero-order valence-electron chi connectivity index (χ0n) is 15.3. The topological polar surface area (TPSA) is 27.8 Å². The summed E-state index contributed by atoms with van der Waals surface area (Å²) in [5, 5.41) is 7.05. The lowest BCUT2D eigenvalue weighted by Crippen LogP contribution is -2.35. The third-order valence-corrected chi connectivity index (χ3v) is 5.31. The monoisotopic (exact) mass is 334 g/mol. The molecule has 0 aromatic heterocycles. The molecule has 0 spiro atoms. The maximum absolute atomic E-state index is 5.25. The quantitative estimate of drug-likeness (QED) is 0.795. The van der Waals surface area contributed by atoms with E-state index in [1.165, 1.54) is 22.7 Å². The Morgan fingerprint density at radius 3 is 2.48 bits per heavy atom. The molecule has 2 aliphatic heterocycles. The molecule has 0 unspecified atom stereocenters. The van der Waals surface area contributed by atoms with Crippen molar-refractivity contribution in [2.75, 3.05) is 25.7 Å². The number of hydrazone groups is 1. The number of fused-ring (bicyclic) bond motifs is 1. The highest BCUT2D eigenvalue weighted by molar-refractivity contribution is 6.45. The third-order valence-electron chi connectivity index (χ3n) is 5.31. The molecule has 0 fully saturated rings. The van der Waals surface area contributed by atoms with Crippen LogP contribution in [0.3, 0.4) is 0 Å². The Morgan fingerprint density at radius 1 is 1.08 bits per heavy atom. The van der Waals surface area contributed by atoms with Crippen LogP contribution in [0.5, 0.6) is 5.75 Å². The van der Waals surface area contributed by atoms with Gasteiger partial charge in [0, 0.05) is 24.6 Å². The molecule has 4 heteroatoms. The second kappa shape index (κ2) is 5.73. The Labute approximate surface area is 149 Å². The normalized spacial score (nSPS) is 18.4. The Kier molecular flexibility index (Phi) is 3.64. The minimum absolute atomic E-state index is 0.0277. The highest BCUT2D eigenvalue weighted by atomic mass is 16.5. The minimum atomic E-state index is -0.0277. The van der Waals surface area contributed by atoms with Gasteiger partial charge in [0.1, 0.15) is 18.5 Å². The van der Waals surface area contributed by atoms with Crippen LogP contribution in [-0.2, 0) is 5.41 Å². The fourth-order valence-electron chi connectivity index (χ4n) is 4.08. The van der Waals surface area contributed by atoms with Crippen molar-refractivity contribution in [3.63, 3.8) is 0 Å². The molecule has 0 saturated carbocycles. The van der Waals surface area contributed by atoms with Crippen molar-refractivity contribution in [1.82, 2.24) is 0 Å². The summed E-state index contributed by atoms with van der Waals surface area (Å²) < 4.78 is 7.56. The van der Waals surface area contributed by atoms with E-state index in [2.05, 4.69) is 66.9 Å². The van der Waals surface area contributed by atoms with E-state index in [1.807, 2.05) is 12.1 Å². The van der Waals surface area contributed by atoms with E-state index in [0.717, 1.165) is 24.4 Å². The van der Waals surface area contributed by atoms with Gasteiger partial charge in [-0.2, -0.15) is 9.68 Å². The lowest BCUT2D eigenvalue weighted by atomic mass is 9.79. The van der Waals surface area contributed by atoms with Gasteiger partial charge in [-0.1, -0.05) is 18.2 Å². The Morgan fingerprint density at radius 2 is 1.80 bits per heavy atom. The number of anilines is 1. The van der Waals surface area contributed by atoms with Gasteiger partial charge < -0.3 is 4.74 Å². The van der Waals surface area contributed by atoms with Crippen molar-refractivity contribution in [3.8, 4) is 5.75 Å². The van der Waals surface area contributed by atoms with E-state index < -0.39 is 0 Å². The molecular formula is C21H24N3O+. The molecule has 0 amide bonds. The molecule has 25 heavy (non-hydrogen) atoms. The molecule has 2 aromatic carbocycles. The standard InChI is InChI=1S/C21H24N3O/c1-21(2)17-7-5-6-8-19(17)23(3)20(21)18-13-14-24(22-18)15-9-11-16(25-4)12-10-15/h5-12H,13-14H2,1-4H3/q+1. The van der Waals surface area contributed by atoms with Gasteiger partial charge in [0.15, 0.2) is 0 Å². The predicted molar refractivity (Wildman–Crippen MR) is 103 cm³/mol. The highest BCUT2D eigenvalue weighted by Crippen LogP contribution is 2.40. The molecule has 0 saturated heterocycles. The van der Waals surface area contributed by atoms with Gasteiger partial charge in [0.2, 0.25) is 11.4 Å². The molecule has 0 aliphatic carbocycles. The third kappa shape index (κ3) is 2.44. The molecule has 4 nitrogen and oxygen atoms in total. The van der Waals surface area contributed by atoms with Crippen molar-refractivity contribution in [2.24, 2.45) is 5.10 Å². The fourth-order valence-corrected chi connectivity index (χ4v) is 4.08. The van der Waals surface area contributed by atoms with Crippen LogP contribution < -0.4 is 9.75 Å². The lowest BCUT2D eigenvalue weighted by molar-refractivity contribution is -0.400. The first-order chi connectivity index (χ1) is 12.0. The molecule has 2 aliphatic rings. The molecule has 2 aromatic rings. The van der Waals surface area contributed by atoms with Gasteiger partial charge in [-0.25, -0.2) is 0 Å². The van der Waals surface area contributed by atoms with Crippen LogP contribution >= 0.6 is 0 Å². The number of methoxy groups -OCH3 is 1. The molecular weight excluding hydrogens is 310 g/mol. The number of rotatable bonds is 3. The van der Waals surface area contributed by atoms with Gasteiger partial charge >= 0.3 is 0 Å². The molecule has 0 atom stereocenters. The van der Waals surface area contributed by atoms with Crippen LogP contribution in [0.2, 0.25) is 0 Å². The summed E-state index contributed by atoms with van der Waals surface area (Å²) in [5.41, 5.74) is 6.22. The molecule has 0 bridgehead atoms. The number of hydrogen-bond donors (Lipinski definition) is 0. The summed E-state index contributed by atoms with van der Waals surface area (Å²) in [7, 11) is 3.84. The maximum atomic E-state index is 5.25. The Balaban J connectivity index is 1.70. The van der Waals surface area contributed by atoms with Crippen LogP contribution in [0.4, 0.5) is 11.4 Å². The van der Waals surface area contributed by atoms with E-state index in [9.17, 15) is 0 Å². The predicted octanol–water partition coefficient (Wildman–Crippen LogP) is 3.97. The minimum Gasteiger partial charge on any atom is -0.497 e. The van der Waals surface area contributed by atoms with Crippen LogP contribution in [-0.4, -0.2) is 36.7 Å². The maximum Gasteiger partial charge on any atom is 0.215 e. The zero-order chi connectivity index (χ0) is 17.6. The summed E-state index contributed by atoms with van der Waals surface area (Å²) >= 11 is 0. The second-order valence-electron chi connectivity index (χ2n) is 7.17. The Bertz CT molecular complexity index is 878. The molecule has 128 valence electrons. The van der Waals surface area contributed by atoms with E-state index >= 15 is 0 Å². The van der Waals surface area contributed by atoms with E-state index in [-0.39, 0.29) is 5.41 Å². The van der Waals surface area contributed by atoms with Crippen LogP contribution in [0, 0.1) is 0 Å². The largest absolute Gasteiger partial charge is 0.497 e. The van der Waals surface area contributed by atoms with Crippen molar-refractivity contribution < 1.29 is 9.31 Å². The van der Waals surface area contributed by atoms with Crippen molar-refractivity contribution in [2.45, 2.75) is 25.7 Å². The fraction of sp³-hybridized carbons (Fsp3) is 0.333. The molecule has 0 radical (unpaired) electrons. The average Bonchev–Trinajstić information content (AvgIpc) is 3.17. The summed E-state index contributed by atoms with van der Waals surface area (Å²) in [6.07, 6.45) is 0.961. The molecule has 4 rings (SSSR count). The number of para-hydroxylation sites is 1. The van der Waals surface area contributed by atoms with Crippen molar-refractivity contribution >= 4 is 22.8 Å². The van der Waals surface area contributed by atoms with Gasteiger partial charge in [-0.05, 0) is 38.1 Å². The van der Waals surface area contributed by atoms with E-state index in [1.54, 1.807) is 7.11 Å². The first kappa shape index (κ1) is 15.9. The summed E-state index contributed by atoms with van der Waals surface area (Å²) in [5.74, 6) is 0.869. The molecule has 0 N–H and O–H groups in total. The number of benzene rings is 2.